The Bertz CT molecular complexity index is 749. The van der Waals surface area contributed by atoms with Gasteiger partial charge in [0.05, 0.1) is 6.04 Å². The van der Waals surface area contributed by atoms with E-state index in [9.17, 15) is 24.6 Å². The molecular weight excluding hydrogens is 330 g/mol. The monoisotopic (exact) mass is 353 g/mol. The summed E-state index contributed by atoms with van der Waals surface area (Å²) in [5.74, 6) is -2.25. The lowest BCUT2D eigenvalue weighted by atomic mass is 10.1. The van der Waals surface area contributed by atoms with Crippen LogP contribution < -0.4 is 5.56 Å². The number of carbonyl (C=O) groups excluding carboxylic acids is 1. The molecule has 25 heavy (non-hydrogen) atoms. The molecule has 9 nitrogen and oxygen atoms in total. The molecule has 0 saturated carbocycles. The van der Waals surface area contributed by atoms with E-state index < -0.39 is 40.7 Å². The van der Waals surface area contributed by atoms with Gasteiger partial charge in [-0.1, -0.05) is 0 Å². The molecule has 0 aliphatic carbocycles. The summed E-state index contributed by atoms with van der Waals surface area (Å²) < 4.78 is 6.58. The standard InChI is InChI=1S/C16H23N3O6/c1-16(2,3)25-15(24)18(4)9-7-5-6-8-19-12(9)17-10(14(22)23)11(20)13(19)21/h9,20H,5-8H2,1-4H3,(H,22,23). The maximum absolute atomic E-state index is 12.4. The van der Waals surface area contributed by atoms with Gasteiger partial charge >= 0.3 is 12.1 Å². The molecule has 1 aromatic heterocycles. The Balaban J connectivity index is 2.51. The molecule has 1 aliphatic rings. The second-order valence-corrected chi connectivity index (χ2v) is 7.03. The van der Waals surface area contributed by atoms with Crippen molar-refractivity contribution in [2.75, 3.05) is 7.05 Å². The third-order valence-electron chi connectivity index (χ3n) is 3.93. The number of aromatic nitrogens is 2. The van der Waals surface area contributed by atoms with Crippen molar-refractivity contribution in [1.29, 1.82) is 0 Å². The first-order valence-electron chi connectivity index (χ1n) is 8.05. The fourth-order valence-corrected chi connectivity index (χ4v) is 2.75. The second kappa shape index (κ2) is 6.73. The Morgan fingerprint density at radius 1 is 1.32 bits per heavy atom. The van der Waals surface area contributed by atoms with Crippen LogP contribution in [0.2, 0.25) is 0 Å². The van der Waals surface area contributed by atoms with Gasteiger partial charge in [-0.15, -0.1) is 0 Å². The number of aromatic carboxylic acids is 1. The highest BCUT2D eigenvalue weighted by atomic mass is 16.6. The number of carboxylic acids is 1. The highest BCUT2D eigenvalue weighted by Crippen LogP contribution is 2.29. The molecule has 1 aliphatic heterocycles. The topological polar surface area (TPSA) is 122 Å². The number of hydrogen-bond donors (Lipinski definition) is 2. The molecule has 2 heterocycles. The van der Waals surface area contributed by atoms with Crippen LogP contribution in [0.25, 0.3) is 0 Å². The van der Waals surface area contributed by atoms with E-state index in [0.29, 0.717) is 25.8 Å². The summed E-state index contributed by atoms with van der Waals surface area (Å²) in [6.07, 6.45) is 1.28. The van der Waals surface area contributed by atoms with Gasteiger partial charge in [0.1, 0.15) is 11.4 Å². The number of ether oxygens (including phenoxy) is 1. The number of hydrogen-bond acceptors (Lipinski definition) is 6. The van der Waals surface area contributed by atoms with Crippen LogP contribution in [0.5, 0.6) is 5.75 Å². The van der Waals surface area contributed by atoms with Crippen LogP contribution in [-0.2, 0) is 11.3 Å². The van der Waals surface area contributed by atoms with Crippen LogP contribution in [0.1, 0.15) is 62.4 Å². The van der Waals surface area contributed by atoms with Gasteiger partial charge in [0, 0.05) is 13.6 Å². The summed E-state index contributed by atoms with van der Waals surface area (Å²) in [4.78, 5) is 41.3. The molecule has 1 atom stereocenters. The van der Waals surface area contributed by atoms with Gasteiger partial charge in [0.2, 0.25) is 5.75 Å². The molecular formula is C16H23N3O6. The maximum Gasteiger partial charge on any atom is 0.410 e. The third kappa shape index (κ3) is 3.92. The van der Waals surface area contributed by atoms with E-state index in [1.807, 2.05) is 0 Å². The van der Waals surface area contributed by atoms with Crippen LogP contribution in [0, 0.1) is 0 Å². The number of aromatic hydroxyl groups is 1. The molecule has 0 aromatic carbocycles. The zero-order valence-electron chi connectivity index (χ0n) is 14.8. The van der Waals surface area contributed by atoms with Gasteiger partial charge in [0.15, 0.2) is 5.69 Å². The van der Waals surface area contributed by atoms with Crippen LogP contribution in [-0.4, -0.2) is 49.4 Å². The molecule has 0 bridgehead atoms. The Labute approximate surface area is 144 Å². The molecule has 138 valence electrons. The second-order valence-electron chi connectivity index (χ2n) is 7.03. The van der Waals surface area contributed by atoms with Crippen molar-refractivity contribution in [3.8, 4) is 5.75 Å². The smallest absolute Gasteiger partial charge is 0.410 e. The van der Waals surface area contributed by atoms with Crippen molar-refractivity contribution in [2.45, 2.75) is 58.2 Å². The van der Waals surface area contributed by atoms with Crippen molar-refractivity contribution in [2.24, 2.45) is 0 Å². The highest BCUT2D eigenvalue weighted by molar-refractivity contribution is 5.88. The van der Waals surface area contributed by atoms with Crippen LogP contribution >= 0.6 is 0 Å². The molecule has 1 unspecified atom stereocenters. The maximum atomic E-state index is 12.4. The van der Waals surface area contributed by atoms with Crippen LogP contribution in [0.15, 0.2) is 4.79 Å². The van der Waals surface area contributed by atoms with Crippen LogP contribution in [0.4, 0.5) is 4.79 Å². The van der Waals surface area contributed by atoms with E-state index >= 15 is 0 Å². The molecule has 1 aromatic rings. The largest absolute Gasteiger partial charge is 0.501 e. The lowest BCUT2D eigenvalue weighted by molar-refractivity contribution is 0.0202. The Morgan fingerprint density at radius 3 is 2.52 bits per heavy atom. The molecule has 2 rings (SSSR count). The molecule has 1 amide bonds. The number of carbonyl (C=O) groups is 2. The minimum absolute atomic E-state index is 0.144. The first-order chi connectivity index (χ1) is 11.5. The van der Waals surface area contributed by atoms with Crippen molar-refractivity contribution >= 4 is 12.1 Å². The average Bonchev–Trinajstić information content (AvgIpc) is 2.70. The SMILES string of the molecule is CN(C(=O)OC(C)(C)C)C1CCCCn2c1nc(C(=O)O)c(O)c2=O. The number of amides is 1. The van der Waals surface area contributed by atoms with E-state index in [-0.39, 0.29) is 5.82 Å². The lowest BCUT2D eigenvalue weighted by Gasteiger charge is -2.30. The van der Waals surface area contributed by atoms with Crippen molar-refractivity contribution in [3.05, 3.63) is 21.9 Å². The Kier molecular flexibility index (Phi) is 5.05. The zero-order valence-corrected chi connectivity index (χ0v) is 14.8. The molecule has 0 radical (unpaired) electrons. The van der Waals surface area contributed by atoms with Gasteiger partial charge in [-0.3, -0.25) is 9.36 Å². The molecule has 0 fully saturated rings. The number of fused-ring (bicyclic) bond motifs is 1. The third-order valence-corrected chi connectivity index (χ3v) is 3.93. The normalized spacial score (nSPS) is 17.4. The lowest BCUT2D eigenvalue weighted by Crippen LogP contribution is -2.39. The molecule has 9 heteroatoms. The summed E-state index contributed by atoms with van der Waals surface area (Å²) in [5, 5.41) is 19.0. The summed E-state index contributed by atoms with van der Waals surface area (Å²) in [5.41, 5.74) is -2.21. The fourth-order valence-electron chi connectivity index (χ4n) is 2.75. The van der Waals surface area contributed by atoms with Crippen molar-refractivity contribution < 1.29 is 24.5 Å². The number of carboxylic acid groups (broad SMARTS) is 1. The van der Waals surface area contributed by atoms with Gasteiger partial charge < -0.3 is 19.8 Å². The minimum Gasteiger partial charge on any atom is -0.501 e. The van der Waals surface area contributed by atoms with E-state index in [1.54, 1.807) is 20.8 Å². The molecule has 0 saturated heterocycles. The van der Waals surface area contributed by atoms with E-state index in [1.165, 1.54) is 16.5 Å². The first kappa shape index (κ1) is 18.8. The van der Waals surface area contributed by atoms with Gasteiger partial charge in [-0.05, 0) is 40.0 Å². The van der Waals surface area contributed by atoms with Gasteiger partial charge in [0.25, 0.3) is 5.56 Å². The number of rotatable bonds is 2. The van der Waals surface area contributed by atoms with Gasteiger partial charge in [-0.2, -0.15) is 0 Å². The van der Waals surface area contributed by atoms with Crippen LogP contribution in [0.3, 0.4) is 0 Å². The van der Waals surface area contributed by atoms with E-state index in [2.05, 4.69) is 4.98 Å². The summed E-state index contributed by atoms with van der Waals surface area (Å²) in [7, 11) is 1.52. The molecule has 0 spiro atoms. The summed E-state index contributed by atoms with van der Waals surface area (Å²) in [6, 6.07) is -0.622. The zero-order chi connectivity index (χ0) is 18.9. The Morgan fingerprint density at radius 2 is 1.96 bits per heavy atom. The number of nitrogens with zero attached hydrogens (tertiary/aromatic N) is 3. The minimum atomic E-state index is -1.50. The predicted molar refractivity (Wildman–Crippen MR) is 87.7 cm³/mol. The van der Waals surface area contributed by atoms with Crippen molar-refractivity contribution in [1.82, 2.24) is 14.5 Å². The Hall–Kier alpha value is -2.58. The van der Waals surface area contributed by atoms with E-state index in [4.69, 9.17) is 4.74 Å². The van der Waals surface area contributed by atoms with Gasteiger partial charge in [-0.25, -0.2) is 14.6 Å². The predicted octanol–water partition coefficient (Wildman–Crippen LogP) is 1.74. The fraction of sp³-hybridized carbons (Fsp3) is 0.625. The summed E-state index contributed by atoms with van der Waals surface area (Å²) >= 11 is 0. The van der Waals surface area contributed by atoms with Crippen molar-refractivity contribution in [3.63, 3.8) is 0 Å². The summed E-state index contributed by atoms with van der Waals surface area (Å²) in [6.45, 7) is 5.52. The quantitative estimate of drug-likeness (QED) is 0.830. The first-order valence-corrected chi connectivity index (χ1v) is 8.05. The van der Waals surface area contributed by atoms with E-state index in [0.717, 1.165) is 0 Å². The highest BCUT2D eigenvalue weighted by Gasteiger charge is 2.33. The average molecular weight is 353 g/mol. The molecule has 2 N–H and O–H groups in total.